The third-order valence-corrected chi connectivity index (χ3v) is 4.35. The molecular formula is C16H16N2S. The minimum atomic E-state index is 0.151. The molecule has 0 saturated carbocycles. The highest BCUT2D eigenvalue weighted by atomic mass is 32.1. The highest BCUT2D eigenvalue weighted by Gasteiger charge is 2.14. The summed E-state index contributed by atoms with van der Waals surface area (Å²) in [4.78, 5) is 0. The maximum atomic E-state index is 5.76. The van der Waals surface area contributed by atoms with Gasteiger partial charge < -0.3 is 0 Å². The van der Waals surface area contributed by atoms with Gasteiger partial charge in [0.2, 0.25) is 0 Å². The summed E-state index contributed by atoms with van der Waals surface area (Å²) in [6, 6.07) is 19.1. The summed E-state index contributed by atoms with van der Waals surface area (Å²) in [5.41, 5.74) is 5.53. The van der Waals surface area contributed by atoms with Crippen molar-refractivity contribution in [3.8, 4) is 0 Å². The molecule has 3 heteroatoms. The molecule has 19 heavy (non-hydrogen) atoms. The predicted octanol–water partition coefficient (Wildman–Crippen LogP) is 3.65. The minimum Gasteiger partial charge on any atom is -0.271 e. The molecule has 0 fully saturated rings. The SMILES string of the molecule is NNC(Cc1ccccc1)c1csc2ccccc12. The predicted molar refractivity (Wildman–Crippen MR) is 82.0 cm³/mol. The number of hydrogen-bond donors (Lipinski definition) is 2. The Balaban J connectivity index is 1.94. The fraction of sp³-hybridized carbons (Fsp3) is 0.125. The van der Waals surface area contributed by atoms with Gasteiger partial charge in [-0.1, -0.05) is 48.5 Å². The maximum absolute atomic E-state index is 5.76. The van der Waals surface area contributed by atoms with Gasteiger partial charge in [0.05, 0.1) is 6.04 Å². The number of fused-ring (bicyclic) bond motifs is 1. The van der Waals surface area contributed by atoms with Gasteiger partial charge in [0, 0.05) is 4.70 Å². The Kier molecular flexibility index (Phi) is 3.60. The lowest BCUT2D eigenvalue weighted by atomic mass is 9.99. The van der Waals surface area contributed by atoms with Crippen LogP contribution in [0.15, 0.2) is 60.0 Å². The summed E-state index contributed by atoms with van der Waals surface area (Å²) in [5, 5.41) is 3.50. The maximum Gasteiger partial charge on any atom is 0.0514 e. The van der Waals surface area contributed by atoms with Crippen molar-refractivity contribution in [1.29, 1.82) is 0 Å². The molecular weight excluding hydrogens is 252 g/mol. The van der Waals surface area contributed by atoms with E-state index in [4.69, 9.17) is 5.84 Å². The summed E-state index contributed by atoms with van der Waals surface area (Å²) in [5.74, 6) is 5.76. The number of hydrogen-bond acceptors (Lipinski definition) is 3. The average molecular weight is 268 g/mol. The molecule has 1 aromatic heterocycles. The zero-order valence-corrected chi connectivity index (χ0v) is 11.4. The minimum absolute atomic E-state index is 0.151. The fourth-order valence-corrected chi connectivity index (χ4v) is 3.39. The van der Waals surface area contributed by atoms with Crippen LogP contribution in [0, 0.1) is 0 Å². The van der Waals surface area contributed by atoms with Crippen molar-refractivity contribution in [1.82, 2.24) is 5.43 Å². The fourth-order valence-electron chi connectivity index (χ4n) is 2.38. The second-order valence-electron chi connectivity index (χ2n) is 4.60. The lowest BCUT2D eigenvalue weighted by Gasteiger charge is -2.15. The highest BCUT2D eigenvalue weighted by molar-refractivity contribution is 7.17. The van der Waals surface area contributed by atoms with Crippen LogP contribution in [0.2, 0.25) is 0 Å². The van der Waals surface area contributed by atoms with Crippen molar-refractivity contribution in [2.75, 3.05) is 0 Å². The molecule has 0 saturated heterocycles. The summed E-state index contributed by atoms with van der Waals surface area (Å²) in [6.45, 7) is 0. The largest absolute Gasteiger partial charge is 0.271 e. The van der Waals surface area contributed by atoms with Crippen LogP contribution in [-0.4, -0.2) is 0 Å². The molecule has 0 amide bonds. The van der Waals surface area contributed by atoms with Crippen molar-refractivity contribution in [2.45, 2.75) is 12.5 Å². The lowest BCUT2D eigenvalue weighted by Crippen LogP contribution is -2.29. The van der Waals surface area contributed by atoms with Crippen LogP contribution < -0.4 is 11.3 Å². The van der Waals surface area contributed by atoms with Gasteiger partial charge in [-0.3, -0.25) is 11.3 Å². The third kappa shape index (κ3) is 2.54. The number of thiophene rings is 1. The normalized spacial score (nSPS) is 12.7. The zero-order valence-electron chi connectivity index (χ0n) is 10.5. The quantitative estimate of drug-likeness (QED) is 0.560. The zero-order chi connectivity index (χ0) is 13.1. The van der Waals surface area contributed by atoms with E-state index in [0.29, 0.717) is 0 Å². The first-order chi connectivity index (χ1) is 9.38. The van der Waals surface area contributed by atoms with Gasteiger partial charge >= 0.3 is 0 Å². The van der Waals surface area contributed by atoms with E-state index in [9.17, 15) is 0 Å². The van der Waals surface area contributed by atoms with E-state index in [2.05, 4.69) is 59.3 Å². The third-order valence-electron chi connectivity index (χ3n) is 3.37. The van der Waals surface area contributed by atoms with E-state index in [-0.39, 0.29) is 6.04 Å². The van der Waals surface area contributed by atoms with Crippen molar-refractivity contribution in [3.63, 3.8) is 0 Å². The standard InChI is InChI=1S/C16H16N2S/c17-18-15(10-12-6-2-1-3-7-12)14-11-19-16-9-5-4-8-13(14)16/h1-9,11,15,18H,10,17H2. The molecule has 96 valence electrons. The van der Waals surface area contributed by atoms with Crippen molar-refractivity contribution in [2.24, 2.45) is 5.84 Å². The summed E-state index contributed by atoms with van der Waals surface area (Å²) < 4.78 is 1.31. The Morgan fingerprint density at radius 3 is 2.53 bits per heavy atom. The van der Waals surface area contributed by atoms with E-state index in [1.54, 1.807) is 11.3 Å². The molecule has 3 N–H and O–H groups in total. The summed E-state index contributed by atoms with van der Waals surface area (Å²) >= 11 is 1.77. The van der Waals surface area contributed by atoms with E-state index >= 15 is 0 Å². The van der Waals surface area contributed by atoms with Gasteiger partial charge in [0.25, 0.3) is 0 Å². The molecule has 0 bridgehead atoms. The van der Waals surface area contributed by atoms with Crippen LogP contribution in [-0.2, 0) is 6.42 Å². The Morgan fingerprint density at radius 1 is 1.00 bits per heavy atom. The van der Waals surface area contributed by atoms with Crippen LogP contribution in [0.3, 0.4) is 0 Å². The topological polar surface area (TPSA) is 38.0 Å². The number of nitrogens with one attached hydrogen (secondary N) is 1. The van der Waals surface area contributed by atoms with Gasteiger partial charge in [-0.15, -0.1) is 11.3 Å². The summed E-state index contributed by atoms with van der Waals surface area (Å²) in [7, 11) is 0. The average Bonchev–Trinajstić information content (AvgIpc) is 2.90. The first-order valence-corrected chi connectivity index (χ1v) is 7.22. The van der Waals surface area contributed by atoms with E-state index in [1.165, 1.54) is 21.2 Å². The molecule has 3 rings (SSSR count). The summed E-state index contributed by atoms with van der Waals surface area (Å²) in [6.07, 6.45) is 0.901. The van der Waals surface area contributed by atoms with Crippen LogP contribution in [0.5, 0.6) is 0 Å². The molecule has 0 radical (unpaired) electrons. The van der Waals surface area contributed by atoms with Gasteiger partial charge in [-0.05, 0) is 34.4 Å². The molecule has 1 atom stereocenters. The van der Waals surface area contributed by atoms with Crippen LogP contribution >= 0.6 is 11.3 Å². The first kappa shape index (κ1) is 12.4. The molecule has 1 unspecified atom stereocenters. The van der Waals surface area contributed by atoms with Gasteiger partial charge in [-0.2, -0.15) is 0 Å². The van der Waals surface area contributed by atoms with E-state index < -0.39 is 0 Å². The van der Waals surface area contributed by atoms with Crippen LogP contribution in [0.4, 0.5) is 0 Å². The van der Waals surface area contributed by atoms with Crippen molar-refractivity contribution >= 4 is 21.4 Å². The highest BCUT2D eigenvalue weighted by Crippen LogP contribution is 2.31. The van der Waals surface area contributed by atoms with Crippen molar-refractivity contribution in [3.05, 3.63) is 71.1 Å². The second-order valence-corrected chi connectivity index (χ2v) is 5.51. The molecule has 3 aromatic rings. The number of rotatable bonds is 4. The second kappa shape index (κ2) is 5.53. The van der Waals surface area contributed by atoms with Gasteiger partial charge in [0.1, 0.15) is 0 Å². The first-order valence-electron chi connectivity index (χ1n) is 6.34. The monoisotopic (exact) mass is 268 g/mol. The number of benzene rings is 2. The number of nitrogens with two attached hydrogens (primary N) is 1. The Bertz CT molecular complexity index is 661. The molecule has 2 aromatic carbocycles. The van der Waals surface area contributed by atoms with Gasteiger partial charge in [-0.25, -0.2) is 0 Å². The van der Waals surface area contributed by atoms with Crippen LogP contribution in [0.25, 0.3) is 10.1 Å². The Morgan fingerprint density at radius 2 is 1.74 bits per heavy atom. The molecule has 0 aliphatic carbocycles. The smallest absolute Gasteiger partial charge is 0.0514 e. The Labute approximate surface area is 116 Å². The molecule has 1 heterocycles. The molecule has 0 aliphatic heterocycles. The molecule has 0 spiro atoms. The van der Waals surface area contributed by atoms with Crippen molar-refractivity contribution < 1.29 is 0 Å². The lowest BCUT2D eigenvalue weighted by molar-refractivity contribution is 0.557. The Hall–Kier alpha value is -1.68. The van der Waals surface area contributed by atoms with Gasteiger partial charge in [0.15, 0.2) is 0 Å². The van der Waals surface area contributed by atoms with E-state index in [0.717, 1.165) is 6.42 Å². The molecule has 2 nitrogen and oxygen atoms in total. The number of hydrazine groups is 1. The van der Waals surface area contributed by atoms with Crippen LogP contribution in [0.1, 0.15) is 17.2 Å². The molecule has 0 aliphatic rings. The van der Waals surface area contributed by atoms with E-state index in [1.807, 2.05) is 6.07 Å².